The molecule has 1 aliphatic heterocycles. The predicted molar refractivity (Wildman–Crippen MR) is 120 cm³/mol. The van der Waals surface area contributed by atoms with Crippen molar-refractivity contribution in [3.63, 3.8) is 0 Å². The van der Waals surface area contributed by atoms with Crippen LogP contribution in [0.2, 0.25) is 0 Å². The van der Waals surface area contributed by atoms with E-state index in [1.165, 1.54) is 16.3 Å². The lowest BCUT2D eigenvalue weighted by molar-refractivity contribution is 0.541. The van der Waals surface area contributed by atoms with Gasteiger partial charge in [-0.15, -0.1) is 5.10 Å². The van der Waals surface area contributed by atoms with Gasteiger partial charge in [-0.3, -0.25) is 4.98 Å². The number of aromatic nitrogens is 4. The summed E-state index contributed by atoms with van der Waals surface area (Å²) in [5, 5.41) is 11.7. The van der Waals surface area contributed by atoms with Crippen molar-refractivity contribution < 1.29 is 0 Å². The maximum atomic E-state index is 4.69. The SMILES string of the molecule is C[C@@H]1CN(c2nnc(Cc3ccccc3)c3ccccc23)CCN1c1cnccn1. The van der Waals surface area contributed by atoms with Gasteiger partial charge in [0.05, 0.1) is 11.9 Å². The minimum atomic E-state index is 0.306. The third-order valence-electron chi connectivity index (χ3n) is 5.73. The normalized spacial score (nSPS) is 16.8. The van der Waals surface area contributed by atoms with E-state index in [4.69, 9.17) is 0 Å². The highest BCUT2D eigenvalue weighted by Crippen LogP contribution is 2.29. The summed E-state index contributed by atoms with van der Waals surface area (Å²) in [4.78, 5) is 13.3. The highest BCUT2D eigenvalue weighted by atomic mass is 15.3. The van der Waals surface area contributed by atoms with Gasteiger partial charge in [-0.1, -0.05) is 54.6 Å². The molecule has 0 N–H and O–H groups in total. The minimum absolute atomic E-state index is 0.306. The Labute approximate surface area is 176 Å². The summed E-state index contributed by atoms with van der Waals surface area (Å²) in [6, 6.07) is 19.2. The van der Waals surface area contributed by atoms with Gasteiger partial charge in [-0.25, -0.2) is 4.98 Å². The Hall–Kier alpha value is -3.54. The highest BCUT2D eigenvalue weighted by Gasteiger charge is 2.27. The third-order valence-corrected chi connectivity index (χ3v) is 5.73. The van der Waals surface area contributed by atoms with Crippen LogP contribution in [0, 0.1) is 0 Å². The summed E-state index contributed by atoms with van der Waals surface area (Å²) in [6.07, 6.45) is 6.08. The van der Waals surface area contributed by atoms with Crippen LogP contribution in [-0.2, 0) is 6.42 Å². The molecule has 0 unspecified atom stereocenters. The Morgan fingerprint density at radius 1 is 0.900 bits per heavy atom. The lowest BCUT2D eigenvalue weighted by Gasteiger charge is -2.41. The van der Waals surface area contributed by atoms with Gasteiger partial charge in [0.2, 0.25) is 0 Å². The van der Waals surface area contributed by atoms with Gasteiger partial charge in [0.15, 0.2) is 5.82 Å². The second kappa shape index (κ2) is 8.06. The van der Waals surface area contributed by atoms with Crippen LogP contribution in [-0.4, -0.2) is 45.8 Å². The Morgan fingerprint density at radius 2 is 1.70 bits per heavy atom. The van der Waals surface area contributed by atoms with E-state index in [0.717, 1.165) is 43.4 Å². The second-order valence-electron chi connectivity index (χ2n) is 7.73. The van der Waals surface area contributed by atoms with Crippen molar-refractivity contribution in [3.8, 4) is 0 Å². The van der Waals surface area contributed by atoms with E-state index in [-0.39, 0.29) is 0 Å². The Kier molecular flexibility index (Phi) is 4.97. The quantitative estimate of drug-likeness (QED) is 0.524. The van der Waals surface area contributed by atoms with E-state index in [9.17, 15) is 0 Å². The summed E-state index contributed by atoms with van der Waals surface area (Å²) in [7, 11) is 0. The van der Waals surface area contributed by atoms with Crippen molar-refractivity contribution in [2.75, 3.05) is 29.4 Å². The molecule has 4 aromatic rings. The van der Waals surface area contributed by atoms with Gasteiger partial charge >= 0.3 is 0 Å². The predicted octanol–water partition coefficient (Wildman–Crippen LogP) is 3.73. The fraction of sp³-hybridized carbons (Fsp3) is 0.250. The van der Waals surface area contributed by atoms with Crippen molar-refractivity contribution >= 4 is 22.4 Å². The molecule has 0 bridgehead atoms. The fourth-order valence-corrected chi connectivity index (χ4v) is 4.23. The molecule has 0 amide bonds. The average molecular weight is 396 g/mol. The number of hydrogen-bond donors (Lipinski definition) is 0. The molecule has 0 radical (unpaired) electrons. The Morgan fingerprint density at radius 3 is 2.47 bits per heavy atom. The number of fused-ring (bicyclic) bond motifs is 1. The van der Waals surface area contributed by atoms with Gasteiger partial charge in [-0.05, 0) is 12.5 Å². The molecule has 1 fully saturated rings. The van der Waals surface area contributed by atoms with Crippen molar-refractivity contribution in [1.29, 1.82) is 0 Å². The molecule has 5 rings (SSSR count). The molecular weight excluding hydrogens is 372 g/mol. The average Bonchev–Trinajstić information content (AvgIpc) is 2.80. The van der Waals surface area contributed by atoms with E-state index >= 15 is 0 Å². The number of benzene rings is 2. The molecule has 30 heavy (non-hydrogen) atoms. The maximum absolute atomic E-state index is 4.69. The van der Waals surface area contributed by atoms with Crippen LogP contribution < -0.4 is 9.80 Å². The van der Waals surface area contributed by atoms with E-state index in [1.807, 2.05) is 12.3 Å². The molecule has 0 spiro atoms. The van der Waals surface area contributed by atoms with Gasteiger partial charge in [0, 0.05) is 55.3 Å². The number of nitrogens with zero attached hydrogens (tertiary/aromatic N) is 6. The van der Waals surface area contributed by atoms with E-state index in [1.54, 1.807) is 12.4 Å². The van der Waals surface area contributed by atoms with E-state index in [2.05, 4.69) is 85.4 Å². The highest BCUT2D eigenvalue weighted by molar-refractivity contribution is 5.93. The first-order valence-corrected chi connectivity index (χ1v) is 10.4. The van der Waals surface area contributed by atoms with Gasteiger partial charge in [0.25, 0.3) is 0 Å². The Bertz CT molecular complexity index is 1130. The van der Waals surface area contributed by atoms with Gasteiger partial charge in [-0.2, -0.15) is 5.10 Å². The van der Waals surface area contributed by atoms with Crippen LogP contribution in [0.4, 0.5) is 11.6 Å². The summed E-state index contributed by atoms with van der Waals surface area (Å²) in [6.45, 7) is 4.84. The smallest absolute Gasteiger partial charge is 0.159 e. The van der Waals surface area contributed by atoms with E-state index in [0.29, 0.717) is 6.04 Å². The number of anilines is 2. The largest absolute Gasteiger partial charge is 0.351 e. The van der Waals surface area contributed by atoms with Crippen molar-refractivity contribution in [3.05, 3.63) is 84.4 Å². The molecule has 2 aromatic heterocycles. The lowest BCUT2D eigenvalue weighted by Crippen LogP contribution is -2.52. The van der Waals surface area contributed by atoms with E-state index < -0.39 is 0 Å². The number of rotatable bonds is 4. The molecule has 0 aliphatic carbocycles. The molecule has 1 saturated heterocycles. The van der Waals surface area contributed by atoms with Crippen molar-refractivity contribution in [2.24, 2.45) is 0 Å². The zero-order valence-electron chi connectivity index (χ0n) is 17.0. The third kappa shape index (κ3) is 3.56. The second-order valence-corrected chi connectivity index (χ2v) is 7.73. The first kappa shape index (κ1) is 18.5. The van der Waals surface area contributed by atoms with Crippen LogP contribution in [0.25, 0.3) is 10.8 Å². The molecule has 2 aromatic carbocycles. The van der Waals surface area contributed by atoms with Crippen LogP contribution in [0.1, 0.15) is 18.2 Å². The van der Waals surface area contributed by atoms with Gasteiger partial charge < -0.3 is 9.80 Å². The summed E-state index contributed by atoms with van der Waals surface area (Å²) >= 11 is 0. The van der Waals surface area contributed by atoms with Gasteiger partial charge in [0.1, 0.15) is 5.82 Å². The lowest BCUT2D eigenvalue weighted by atomic mass is 10.0. The van der Waals surface area contributed by atoms with Crippen LogP contribution in [0.5, 0.6) is 0 Å². The molecule has 150 valence electrons. The molecule has 1 atom stereocenters. The molecule has 6 nitrogen and oxygen atoms in total. The molecule has 1 aliphatic rings. The minimum Gasteiger partial charge on any atom is -0.351 e. The Balaban J connectivity index is 1.44. The monoisotopic (exact) mass is 396 g/mol. The number of piperazine rings is 1. The zero-order chi connectivity index (χ0) is 20.3. The van der Waals surface area contributed by atoms with Crippen molar-refractivity contribution in [2.45, 2.75) is 19.4 Å². The molecule has 6 heteroatoms. The summed E-state index contributed by atoms with van der Waals surface area (Å²) < 4.78 is 0. The zero-order valence-corrected chi connectivity index (χ0v) is 17.0. The van der Waals surface area contributed by atoms with Crippen LogP contribution >= 0.6 is 0 Å². The summed E-state index contributed by atoms with van der Waals surface area (Å²) in [5.74, 6) is 1.90. The fourth-order valence-electron chi connectivity index (χ4n) is 4.23. The first-order chi connectivity index (χ1) is 14.8. The topological polar surface area (TPSA) is 58.0 Å². The first-order valence-electron chi connectivity index (χ1n) is 10.4. The molecular formula is C24H24N6. The molecule has 0 saturated carbocycles. The van der Waals surface area contributed by atoms with Crippen molar-refractivity contribution in [1.82, 2.24) is 20.2 Å². The van der Waals surface area contributed by atoms with Crippen LogP contribution in [0.3, 0.4) is 0 Å². The number of hydrogen-bond acceptors (Lipinski definition) is 6. The standard InChI is InChI=1S/C24H24N6/c1-18-17-29(13-14-30(18)23-16-25-11-12-26-23)24-21-10-6-5-9-20(21)22(27-28-24)15-19-7-3-2-4-8-19/h2-12,16,18H,13-15,17H2,1H3/t18-/m1/s1. The maximum Gasteiger partial charge on any atom is 0.159 e. The summed E-state index contributed by atoms with van der Waals surface area (Å²) in [5.41, 5.74) is 2.27. The molecule has 3 heterocycles. The van der Waals surface area contributed by atoms with Crippen LogP contribution in [0.15, 0.2) is 73.2 Å².